The number of aromatic nitrogens is 1. The monoisotopic (exact) mass is 291 g/mol. The number of methoxy groups -OCH3 is 2. The molecule has 0 saturated carbocycles. The molecule has 0 bridgehead atoms. The Balaban J connectivity index is 2.58. The molecule has 0 fully saturated rings. The Labute approximate surface area is 122 Å². The Kier molecular flexibility index (Phi) is 4.47. The summed E-state index contributed by atoms with van der Waals surface area (Å²) < 4.78 is 15.6. The van der Waals surface area contributed by atoms with E-state index in [1.807, 2.05) is 6.92 Å². The van der Waals surface area contributed by atoms with Gasteiger partial charge in [0.2, 0.25) is 0 Å². The van der Waals surface area contributed by atoms with E-state index in [9.17, 15) is 9.90 Å². The van der Waals surface area contributed by atoms with E-state index < -0.39 is 5.97 Å². The van der Waals surface area contributed by atoms with Gasteiger partial charge in [0.25, 0.3) is 0 Å². The average molecular weight is 291 g/mol. The van der Waals surface area contributed by atoms with Crippen molar-refractivity contribution in [2.75, 3.05) is 14.2 Å². The number of hydrogen-bond acceptors (Lipinski definition) is 5. The van der Waals surface area contributed by atoms with Gasteiger partial charge >= 0.3 is 5.97 Å². The predicted molar refractivity (Wildman–Crippen MR) is 76.0 cm³/mol. The van der Waals surface area contributed by atoms with Crippen LogP contribution >= 0.6 is 0 Å². The van der Waals surface area contributed by atoms with Crippen LogP contribution in [0.15, 0.2) is 22.7 Å². The highest BCUT2D eigenvalue weighted by Gasteiger charge is 2.23. The average Bonchev–Trinajstić information content (AvgIpc) is 2.91. The summed E-state index contributed by atoms with van der Waals surface area (Å²) in [5.41, 5.74) is 0.949. The van der Waals surface area contributed by atoms with E-state index in [2.05, 4.69) is 5.16 Å². The first kappa shape index (κ1) is 14.9. The van der Waals surface area contributed by atoms with Crippen molar-refractivity contribution in [2.45, 2.75) is 19.8 Å². The summed E-state index contributed by atoms with van der Waals surface area (Å²) in [5, 5.41) is 13.3. The minimum absolute atomic E-state index is 0.0900. The van der Waals surface area contributed by atoms with Gasteiger partial charge in [-0.15, -0.1) is 0 Å². The number of nitrogens with zero attached hydrogens (tertiary/aromatic N) is 1. The maximum atomic E-state index is 11.5. The molecule has 0 atom stereocenters. The number of rotatable bonds is 6. The largest absolute Gasteiger partial charge is 0.497 e. The highest BCUT2D eigenvalue weighted by Crippen LogP contribution is 2.32. The summed E-state index contributed by atoms with van der Waals surface area (Å²) in [6, 6.07) is 5.10. The first-order valence-electron chi connectivity index (χ1n) is 6.56. The lowest BCUT2D eigenvalue weighted by Crippen LogP contribution is -2.01. The molecule has 0 saturated heterocycles. The van der Waals surface area contributed by atoms with Gasteiger partial charge < -0.3 is 19.1 Å². The maximum absolute atomic E-state index is 11.5. The topological polar surface area (TPSA) is 81.8 Å². The molecule has 0 unspecified atom stereocenters. The molecule has 2 rings (SSSR count). The summed E-state index contributed by atoms with van der Waals surface area (Å²) in [6.07, 6.45) is 1.30. The SMILES string of the molecule is CCCc1onc(-c2cc(OC)cc(OC)c2)c1C(=O)O. The smallest absolute Gasteiger partial charge is 0.341 e. The number of benzene rings is 1. The van der Waals surface area contributed by atoms with Crippen LogP contribution < -0.4 is 9.47 Å². The second kappa shape index (κ2) is 6.30. The molecule has 6 nitrogen and oxygen atoms in total. The van der Waals surface area contributed by atoms with Crippen LogP contribution in [0, 0.1) is 0 Å². The Morgan fingerprint density at radius 2 is 1.86 bits per heavy atom. The zero-order valence-corrected chi connectivity index (χ0v) is 12.2. The summed E-state index contributed by atoms with van der Waals surface area (Å²) in [4.78, 5) is 11.5. The molecule has 0 aliphatic heterocycles. The number of carbonyl (C=O) groups is 1. The lowest BCUT2D eigenvalue weighted by atomic mass is 10.0. The lowest BCUT2D eigenvalue weighted by Gasteiger charge is -2.07. The molecule has 1 heterocycles. The molecule has 1 aromatic heterocycles. The van der Waals surface area contributed by atoms with Gasteiger partial charge in [-0.25, -0.2) is 4.79 Å². The fourth-order valence-corrected chi connectivity index (χ4v) is 2.08. The zero-order valence-electron chi connectivity index (χ0n) is 12.2. The van der Waals surface area contributed by atoms with E-state index in [4.69, 9.17) is 14.0 Å². The van der Waals surface area contributed by atoms with Gasteiger partial charge in [0.15, 0.2) is 5.76 Å². The van der Waals surface area contributed by atoms with Gasteiger partial charge in [-0.3, -0.25) is 0 Å². The molecule has 0 radical (unpaired) electrons. The van der Waals surface area contributed by atoms with Gasteiger partial charge in [-0.1, -0.05) is 12.1 Å². The van der Waals surface area contributed by atoms with Crippen LogP contribution in [0.5, 0.6) is 11.5 Å². The van der Waals surface area contributed by atoms with Crippen molar-refractivity contribution < 1.29 is 23.9 Å². The third-order valence-corrected chi connectivity index (χ3v) is 3.08. The second-order valence-corrected chi connectivity index (χ2v) is 4.49. The molecule has 1 aromatic carbocycles. The predicted octanol–water partition coefficient (Wildman–Crippen LogP) is 3.01. The van der Waals surface area contributed by atoms with Crippen molar-refractivity contribution >= 4 is 5.97 Å². The highest BCUT2D eigenvalue weighted by atomic mass is 16.5. The number of aromatic carboxylic acids is 1. The Morgan fingerprint density at radius 3 is 2.33 bits per heavy atom. The second-order valence-electron chi connectivity index (χ2n) is 4.49. The van der Waals surface area contributed by atoms with E-state index >= 15 is 0 Å². The molecule has 0 spiro atoms. The minimum Gasteiger partial charge on any atom is -0.497 e. The lowest BCUT2D eigenvalue weighted by molar-refractivity contribution is 0.0695. The van der Waals surface area contributed by atoms with Crippen molar-refractivity contribution in [1.82, 2.24) is 5.16 Å². The van der Waals surface area contributed by atoms with Crippen molar-refractivity contribution in [2.24, 2.45) is 0 Å². The number of carboxylic acid groups (broad SMARTS) is 1. The van der Waals surface area contributed by atoms with E-state index in [0.717, 1.165) is 6.42 Å². The molecule has 21 heavy (non-hydrogen) atoms. The number of carboxylic acids is 1. The summed E-state index contributed by atoms with van der Waals surface area (Å²) in [6.45, 7) is 1.95. The number of ether oxygens (including phenoxy) is 2. The standard InChI is InChI=1S/C15H17NO5/c1-4-5-12-13(15(17)18)14(16-21-12)9-6-10(19-2)8-11(7-9)20-3/h6-8H,4-5H2,1-3H3,(H,17,18). The number of aryl methyl sites for hydroxylation is 1. The molecular weight excluding hydrogens is 274 g/mol. The van der Waals surface area contributed by atoms with Gasteiger partial charge in [0.1, 0.15) is 22.8 Å². The highest BCUT2D eigenvalue weighted by molar-refractivity contribution is 5.96. The molecule has 0 amide bonds. The molecule has 0 aliphatic carbocycles. The molecule has 6 heteroatoms. The first-order valence-corrected chi connectivity index (χ1v) is 6.56. The van der Waals surface area contributed by atoms with Crippen molar-refractivity contribution in [1.29, 1.82) is 0 Å². The fraction of sp³-hybridized carbons (Fsp3) is 0.333. The van der Waals surface area contributed by atoms with Crippen LogP contribution in [0.2, 0.25) is 0 Å². The quantitative estimate of drug-likeness (QED) is 0.881. The van der Waals surface area contributed by atoms with Gasteiger partial charge in [0, 0.05) is 18.1 Å². The van der Waals surface area contributed by atoms with Crippen molar-refractivity contribution in [3.63, 3.8) is 0 Å². The van der Waals surface area contributed by atoms with E-state index in [1.54, 1.807) is 18.2 Å². The third kappa shape index (κ3) is 2.99. The van der Waals surface area contributed by atoms with Crippen LogP contribution in [0.1, 0.15) is 29.5 Å². The van der Waals surface area contributed by atoms with E-state index in [0.29, 0.717) is 29.2 Å². The summed E-state index contributed by atoms with van der Waals surface area (Å²) in [7, 11) is 3.06. The van der Waals surface area contributed by atoms with Crippen LogP contribution in [-0.4, -0.2) is 30.5 Å². The Morgan fingerprint density at radius 1 is 1.24 bits per heavy atom. The van der Waals surface area contributed by atoms with Crippen molar-refractivity contribution in [3.8, 4) is 22.8 Å². The van der Waals surface area contributed by atoms with Crippen LogP contribution in [0.25, 0.3) is 11.3 Å². The fourth-order valence-electron chi connectivity index (χ4n) is 2.08. The summed E-state index contributed by atoms with van der Waals surface area (Å²) in [5.74, 6) is 0.430. The zero-order chi connectivity index (χ0) is 15.4. The van der Waals surface area contributed by atoms with Gasteiger partial charge in [-0.2, -0.15) is 0 Å². The Bertz CT molecular complexity index is 625. The maximum Gasteiger partial charge on any atom is 0.341 e. The molecular formula is C15H17NO5. The normalized spacial score (nSPS) is 10.4. The van der Waals surface area contributed by atoms with E-state index in [-0.39, 0.29) is 11.3 Å². The van der Waals surface area contributed by atoms with Crippen LogP contribution in [0.4, 0.5) is 0 Å². The van der Waals surface area contributed by atoms with Crippen LogP contribution in [-0.2, 0) is 6.42 Å². The molecule has 1 N–H and O–H groups in total. The third-order valence-electron chi connectivity index (χ3n) is 3.08. The summed E-state index contributed by atoms with van der Waals surface area (Å²) >= 11 is 0. The minimum atomic E-state index is -1.06. The van der Waals surface area contributed by atoms with E-state index in [1.165, 1.54) is 14.2 Å². The van der Waals surface area contributed by atoms with Gasteiger partial charge in [-0.05, 0) is 18.6 Å². The van der Waals surface area contributed by atoms with Crippen molar-refractivity contribution in [3.05, 3.63) is 29.5 Å². The van der Waals surface area contributed by atoms with Gasteiger partial charge in [0.05, 0.1) is 14.2 Å². The molecule has 2 aromatic rings. The number of hydrogen-bond donors (Lipinski definition) is 1. The Hall–Kier alpha value is -2.50. The molecule has 112 valence electrons. The molecule has 0 aliphatic rings. The van der Waals surface area contributed by atoms with Crippen LogP contribution in [0.3, 0.4) is 0 Å². The first-order chi connectivity index (χ1) is 10.1.